The molecule has 2 aliphatic heterocycles. The van der Waals surface area contributed by atoms with E-state index in [1.807, 2.05) is 0 Å². The molecule has 0 radical (unpaired) electrons. The maximum absolute atomic E-state index is 13.1. The second-order valence-electron chi connectivity index (χ2n) is 8.93. The molecule has 0 atom stereocenters. The van der Waals surface area contributed by atoms with Crippen LogP contribution in [0.2, 0.25) is 10.0 Å². The van der Waals surface area contributed by atoms with Gasteiger partial charge in [0.2, 0.25) is 11.8 Å². The average molecular weight is 686 g/mol. The van der Waals surface area contributed by atoms with E-state index in [1.165, 1.54) is 46.2 Å². The van der Waals surface area contributed by atoms with E-state index >= 15 is 0 Å². The second-order valence-corrected chi connectivity index (χ2v) is 13.1. The summed E-state index contributed by atoms with van der Waals surface area (Å²) in [4.78, 5) is 53.9. The molecule has 4 N–H and O–H groups in total. The number of benzene rings is 2. The Morgan fingerprint density at radius 3 is 1.50 bits per heavy atom. The van der Waals surface area contributed by atoms with Gasteiger partial charge in [-0.25, -0.2) is 0 Å². The minimum Gasteiger partial charge on any atom is -0.506 e. The number of hydrogen-bond donors (Lipinski definition) is 4. The molecule has 0 aromatic heterocycles. The molecule has 2 aromatic carbocycles. The Morgan fingerprint density at radius 1 is 0.738 bits per heavy atom. The fraction of sp³-hybridized carbons (Fsp3) is 0.231. The predicted octanol–water partition coefficient (Wildman–Crippen LogP) is 5.47. The Bertz CT molecular complexity index is 1420. The highest BCUT2D eigenvalue weighted by Crippen LogP contribution is 2.42. The highest BCUT2D eigenvalue weighted by molar-refractivity contribution is 8.29. The number of nitrogens with one attached hydrogen (secondary N) is 2. The number of amides is 4. The first-order valence-corrected chi connectivity index (χ1v) is 15.5. The van der Waals surface area contributed by atoms with Crippen molar-refractivity contribution in [1.82, 2.24) is 9.80 Å². The van der Waals surface area contributed by atoms with E-state index in [4.69, 9.17) is 47.6 Å². The first kappa shape index (κ1) is 32.0. The van der Waals surface area contributed by atoms with E-state index in [-0.39, 0.29) is 91.9 Å². The maximum atomic E-state index is 13.1. The number of thioether (sulfide) groups is 2. The number of halogens is 2. The van der Waals surface area contributed by atoms with Crippen LogP contribution in [0, 0.1) is 0 Å². The number of rotatable bonds is 10. The fourth-order valence-corrected chi connectivity index (χ4v) is 7.01. The molecular formula is C26H22Cl2N4O6S4. The number of carbonyl (C=O) groups is 4. The van der Waals surface area contributed by atoms with Gasteiger partial charge >= 0.3 is 0 Å². The third-order valence-corrected chi connectivity index (χ3v) is 9.44. The van der Waals surface area contributed by atoms with Crippen molar-refractivity contribution in [1.29, 1.82) is 0 Å². The van der Waals surface area contributed by atoms with Gasteiger partial charge in [-0.3, -0.25) is 29.0 Å². The standard InChI is InChI=1S/C26H22Cl2N4O6S4/c27-13-5-7-17(33)15(11-13)29-19(35)3-1-9-31-23(37)21(41-25(31)39)22-24(38)32(26(40)42-22)10-2-4-20(36)30-16-12-14(28)6-8-18(16)34/h5-8,11-12,33-34H,1-4,9-10H2,(H,29,35)(H,30,36)/b22-21+. The first-order valence-electron chi connectivity index (χ1n) is 12.3. The lowest BCUT2D eigenvalue weighted by molar-refractivity contribution is -0.124. The molecular weight excluding hydrogens is 663 g/mol. The molecule has 42 heavy (non-hydrogen) atoms. The Morgan fingerprint density at radius 2 is 1.12 bits per heavy atom. The van der Waals surface area contributed by atoms with Gasteiger partial charge in [0.15, 0.2) is 0 Å². The van der Waals surface area contributed by atoms with Gasteiger partial charge in [0, 0.05) is 36.0 Å². The molecule has 2 fully saturated rings. The monoisotopic (exact) mass is 684 g/mol. The van der Waals surface area contributed by atoms with E-state index in [0.717, 1.165) is 23.5 Å². The van der Waals surface area contributed by atoms with Crippen LogP contribution in [-0.4, -0.2) is 65.4 Å². The molecule has 16 heteroatoms. The van der Waals surface area contributed by atoms with E-state index in [9.17, 15) is 29.4 Å². The molecule has 2 heterocycles. The van der Waals surface area contributed by atoms with Crippen LogP contribution < -0.4 is 10.6 Å². The molecule has 2 aliphatic rings. The van der Waals surface area contributed by atoms with Gasteiger partial charge in [0.1, 0.15) is 20.1 Å². The van der Waals surface area contributed by atoms with Crippen molar-refractivity contribution in [3.63, 3.8) is 0 Å². The first-order chi connectivity index (χ1) is 19.9. The zero-order valence-electron chi connectivity index (χ0n) is 21.5. The lowest BCUT2D eigenvalue weighted by Gasteiger charge is -2.15. The number of aromatic hydroxyl groups is 2. The summed E-state index contributed by atoms with van der Waals surface area (Å²) in [5.74, 6) is -1.89. The summed E-state index contributed by atoms with van der Waals surface area (Å²) in [5.41, 5.74) is 0.363. The Balaban J connectivity index is 1.29. The Hall–Kier alpha value is -2.88. The van der Waals surface area contributed by atoms with Gasteiger partial charge in [-0.05, 0) is 49.2 Å². The molecule has 0 bridgehead atoms. The summed E-state index contributed by atoms with van der Waals surface area (Å²) in [5, 5.41) is 25.6. The predicted molar refractivity (Wildman–Crippen MR) is 173 cm³/mol. The van der Waals surface area contributed by atoms with E-state index in [2.05, 4.69) is 10.6 Å². The summed E-state index contributed by atoms with van der Waals surface area (Å²) in [7, 11) is 0. The number of phenols is 2. The molecule has 0 saturated carbocycles. The molecule has 0 spiro atoms. The van der Waals surface area contributed by atoms with Crippen molar-refractivity contribution in [3.05, 3.63) is 56.3 Å². The van der Waals surface area contributed by atoms with Crippen LogP contribution in [0.15, 0.2) is 46.2 Å². The lowest BCUT2D eigenvalue weighted by atomic mass is 10.2. The van der Waals surface area contributed by atoms with Crippen LogP contribution in [-0.2, 0) is 19.2 Å². The molecule has 2 aromatic rings. The molecule has 2 saturated heterocycles. The summed E-state index contributed by atoms with van der Waals surface area (Å²) in [6.45, 7) is 0.307. The van der Waals surface area contributed by atoms with Crippen LogP contribution in [0.25, 0.3) is 0 Å². The summed E-state index contributed by atoms with van der Waals surface area (Å²) >= 11 is 24.5. The molecule has 10 nitrogen and oxygen atoms in total. The quantitative estimate of drug-likeness (QED) is 0.145. The van der Waals surface area contributed by atoms with Crippen molar-refractivity contribution in [3.8, 4) is 11.5 Å². The maximum Gasteiger partial charge on any atom is 0.267 e. The van der Waals surface area contributed by atoms with Crippen molar-refractivity contribution >= 4 is 115 Å². The topological polar surface area (TPSA) is 139 Å². The normalized spacial score (nSPS) is 16.9. The van der Waals surface area contributed by atoms with Crippen LogP contribution >= 0.6 is 71.2 Å². The molecule has 4 rings (SSSR count). The van der Waals surface area contributed by atoms with Crippen molar-refractivity contribution < 1.29 is 29.4 Å². The van der Waals surface area contributed by atoms with Crippen LogP contribution in [0.4, 0.5) is 11.4 Å². The minimum absolute atomic E-state index is 0.0466. The largest absolute Gasteiger partial charge is 0.506 e. The van der Waals surface area contributed by atoms with E-state index in [1.54, 1.807) is 0 Å². The molecule has 220 valence electrons. The van der Waals surface area contributed by atoms with Crippen molar-refractivity contribution in [2.24, 2.45) is 0 Å². The second kappa shape index (κ2) is 14.1. The summed E-state index contributed by atoms with van der Waals surface area (Å²) in [6, 6.07) is 8.57. The van der Waals surface area contributed by atoms with Gasteiger partial charge < -0.3 is 20.8 Å². The lowest BCUT2D eigenvalue weighted by Crippen LogP contribution is -2.31. The number of anilines is 2. The van der Waals surface area contributed by atoms with Gasteiger partial charge in [-0.1, -0.05) is 71.2 Å². The third-order valence-electron chi connectivity index (χ3n) is 5.94. The van der Waals surface area contributed by atoms with Gasteiger partial charge in [0.25, 0.3) is 11.8 Å². The van der Waals surface area contributed by atoms with Crippen LogP contribution in [0.5, 0.6) is 11.5 Å². The SMILES string of the molecule is O=C(CCCN1C(=O)/C(=C2\SC(=S)N(CCCC(=O)Nc3cc(Cl)ccc3O)C2=O)SC1=S)Nc1cc(Cl)ccc1O. The van der Waals surface area contributed by atoms with E-state index < -0.39 is 11.8 Å². The van der Waals surface area contributed by atoms with Crippen LogP contribution in [0.3, 0.4) is 0 Å². The van der Waals surface area contributed by atoms with Gasteiger partial charge in [0.05, 0.1) is 21.2 Å². The summed E-state index contributed by atoms with van der Waals surface area (Å²) in [6.07, 6.45) is 0.654. The number of thiocarbonyl (C=S) groups is 2. The zero-order valence-corrected chi connectivity index (χ0v) is 26.3. The fourth-order valence-electron chi connectivity index (χ4n) is 3.89. The number of nitrogens with zero attached hydrogens (tertiary/aromatic N) is 2. The zero-order chi connectivity index (χ0) is 30.6. The van der Waals surface area contributed by atoms with Crippen LogP contribution in [0.1, 0.15) is 25.7 Å². The van der Waals surface area contributed by atoms with Crippen molar-refractivity contribution in [2.45, 2.75) is 25.7 Å². The summed E-state index contributed by atoms with van der Waals surface area (Å²) < 4.78 is 0.517. The molecule has 0 unspecified atom stereocenters. The minimum atomic E-state index is -0.445. The third kappa shape index (κ3) is 7.74. The highest BCUT2D eigenvalue weighted by Gasteiger charge is 2.41. The Kier molecular flexibility index (Phi) is 10.7. The van der Waals surface area contributed by atoms with Gasteiger partial charge in [-0.2, -0.15) is 0 Å². The average Bonchev–Trinajstić information content (AvgIpc) is 3.37. The molecule has 0 aliphatic carbocycles. The number of phenolic OH excluding ortho intramolecular Hbond substituents is 2. The van der Waals surface area contributed by atoms with Gasteiger partial charge in [-0.15, -0.1) is 0 Å². The Labute approximate surface area is 269 Å². The highest BCUT2D eigenvalue weighted by atomic mass is 35.5. The number of hydrogen-bond acceptors (Lipinski definition) is 10. The number of carbonyl (C=O) groups excluding carboxylic acids is 4. The van der Waals surface area contributed by atoms with E-state index in [0.29, 0.717) is 10.0 Å². The van der Waals surface area contributed by atoms with Crippen molar-refractivity contribution in [2.75, 3.05) is 23.7 Å². The smallest absolute Gasteiger partial charge is 0.267 e. The molecule has 4 amide bonds.